The molecule has 0 aliphatic heterocycles. The standard InChI is InChI=1S/C17H16N2O3/c1-11-12(2)19(10-16(20)21)17(18-11)14-6-3-5-13(9-14)15-7-4-8-22-15/h3-9H,10H2,1-2H3,(H,20,21). The molecule has 1 aromatic carbocycles. The molecule has 0 saturated heterocycles. The van der Waals surface area contributed by atoms with E-state index in [0.717, 1.165) is 28.3 Å². The summed E-state index contributed by atoms with van der Waals surface area (Å²) in [5.74, 6) is 0.543. The van der Waals surface area contributed by atoms with E-state index in [9.17, 15) is 4.79 Å². The van der Waals surface area contributed by atoms with Crippen LogP contribution in [0.15, 0.2) is 47.1 Å². The van der Waals surface area contributed by atoms with Gasteiger partial charge >= 0.3 is 5.97 Å². The first kappa shape index (κ1) is 14.1. The second-order valence-corrected chi connectivity index (χ2v) is 5.14. The molecular weight excluding hydrogens is 280 g/mol. The second-order valence-electron chi connectivity index (χ2n) is 5.14. The van der Waals surface area contributed by atoms with Gasteiger partial charge in [0.2, 0.25) is 0 Å². The molecule has 0 aliphatic rings. The molecule has 3 rings (SSSR count). The Morgan fingerprint density at radius 1 is 1.23 bits per heavy atom. The van der Waals surface area contributed by atoms with Gasteiger partial charge in [-0.1, -0.05) is 18.2 Å². The minimum absolute atomic E-state index is 0.104. The van der Waals surface area contributed by atoms with Crippen LogP contribution >= 0.6 is 0 Å². The molecule has 0 unspecified atom stereocenters. The number of rotatable bonds is 4. The van der Waals surface area contributed by atoms with Crippen molar-refractivity contribution in [3.63, 3.8) is 0 Å². The molecule has 0 atom stereocenters. The molecule has 5 nitrogen and oxygen atoms in total. The molecular formula is C17H16N2O3. The minimum atomic E-state index is -0.885. The van der Waals surface area contributed by atoms with E-state index in [-0.39, 0.29) is 6.54 Å². The van der Waals surface area contributed by atoms with Crippen LogP contribution < -0.4 is 0 Å². The Morgan fingerprint density at radius 3 is 2.68 bits per heavy atom. The lowest BCUT2D eigenvalue weighted by atomic mass is 10.1. The normalized spacial score (nSPS) is 10.8. The number of carbonyl (C=O) groups is 1. The average Bonchev–Trinajstić information content (AvgIpc) is 3.11. The summed E-state index contributed by atoms with van der Waals surface area (Å²) in [4.78, 5) is 15.6. The predicted molar refractivity (Wildman–Crippen MR) is 82.5 cm³/mol. The number of hydrogen-bond acceptors (Lipinski definition) is 3. The van der Waals surface area contributed by atoms with Gasteiger partial charge in [-0.3, -0.25) is 4.79 Å². The lowest BCUT2D eigenvalue weighted by Crippen LogP contribution is -2.11. The van der Waals surface area contributed by atoms with Gasteiger partial charge in [-0.25, -0.2) is 4.98 Å². The van der Waals surface area contributed by atoms with Crippen molar-refractivity contribution in [2.24, 2.45) is 0 Å². The predicted octanol–water partition coefficient (Wildman–Crippen LogP) is 3.51. The zero-order valence-corrected chi connectivity index (χ0v) is 12.4. The number of aliphatic carboxylic acids is 1. The van der Waals surface area contributed by atoms with Crippen molar-refractivity contribution in [1.29, 1.82) is 0 Å². The third-order valence-corrected chi connectivity index (χ3v) is 3.68. The third kappa shape index (κ3) is 2.53. The summed E-state index contributed by atoms with van der Waals surface area (Å²) in [6.45, 7) is 3.66. The first-order valence-corrected chi connectivity index (χ1v) is 6.96. The fraction of sp³-hybridized carbons (Fsp3) is 0.176. The minimum Gasteiger partial charge on any atom is -0.480 e. The van der Waals surface area contributed by atoms with Gasteiger partial charge in [0.15, 0.2) is 0 Å². The van der Waals surface area contributed by atoms with Gasteiger partial charge in [-0.15, -0.1) is 0 Å². The Kier molecular flexibility index (Phi) is 3.55. The summed E-state index contributed by atoms with van der Waals surface area (Å²) in [5.41, 5.74) is 3.49. The molecule has 22 heavy (non-hydrogen) atoms. The van der Waals surface area contributed by atoms with Crippen LogP contribution in [0.5, 0.6) is 0 Å². The number of carboxylic acid groups (broad SMARTS) is 1. The summed E-state index contributed by atoms with van der Waals surface area (Å²) in [5, 5.41) is 9.11. The van der Waals surface area contributed by atoms with Gasteiger partial charge in [0, 0.05) is 16.8 Å². The van der Waals surface area contributed by atoms with Crippen LogP contribution in [0.4, 0.5) is 0 Å². The number of nitrogens with zero attached hydrogens (tertiary/aromatic N) is 2. The van der Waals surface area contributed by atoms with E-state index in [1.807, 2.05) is 50.2 Å². The topological polar surface area (TPSA) is 68.3 Å². The van der Waals surface area contributed by atoms with Crippen LogP contribution in [-0.4, -0.2) is 20.6 Å². The number of aryl methyl sites for hydroxylation is 1. The van der Waals surface area contributed by atoms with E-state index in [0.29, 0.717) is 5.82 Å². The van der Waals surface area contributed by atoms with Crippen molar-refractivity contribution < 1.29 is 14.3 Å². The zero-order chi connectivity index (χ0) is 15.7. The van der Waals surface area contributed by atoms with Crippen LogP contribution in [0.25, 0.3) is 22.7 Å². The molecule has 112 valence electrons. The SMILES string of the molecule is Cc1nc(-c2cccc(-c3ccco3)c2)n(CC(=O)O)c1C. The summed E-state index contributed by atoms with van der Waals surface area (Å²) in [7, 11) is 0. The highest BCUT2D eigenvalue weighted by molar-refractivity contribution is 5.71. The molecule has 0 bridgehead atoms. The molecule has 0 saturated carbocycles. The first-order valence-electron chi connectivity index (χ1n) is 6.96. The highest BCUT2D eigenvalue weighted by Crippen LogP contribution is 2.27. The smallest absolute Gasteiger partial charge is 0.323 e. The summed E-state index contributed by atoms with van der Waals surface area (Å²) in [6.07, 6.45) is 1.63. The molecule has 2 heterocycles. The van der Waals surface area contributed by atoms with Crippen molar-refractivity contribution in [2.45, 2.75) is 20.4 Å². The number of hydrogen-bond donors (Lipinski definition) is 1. The van der Waals surface area contributed by atoms with Gasteiger partial charge in [-0.05, 0) is 32.0 Å². The number of carboxylic acids is 1. The van der Waals surface area contributed by atoms with E-state index in [2.05, 4.69) is 4.98 Å². The maximum atomic E-state index is 11.1. The number of furan rings is 1. The molecule has 3 aromatic rings. The van der Waals surface area contributed by atoms with Gasteiger partial charge in [0.05, 0.1) is 12.0 Å². The zero-order valence-electron chi connectivity index (χ0n) is 12.4. The van der Waals surface area contributed by atoms with Crippen molar-refractivity contribution in [3.8, 4) is 22.7 Å². The molecule has 0 fully saturated rings. The Morgan fingerprint density at radius 2 is 2.00 bits per heavy atom. The molecule has 5 heteroatoms. The highest BCUT2D eigenvalue weighted by atomic mass is 16.4. The molecule has 0 amide bonds. The lowest BCUT2D eigenvalue weighted by molar-refractivity contribution is -0.137. The van der Waals surface area contributed by atoms with Crippen molar-refractivity contribution in [2.75, 3.05) is 0 Å². The highest BCUT2D eigenvalue weighted by Gasteiger charge is 2.15. The Labute approximate surface area is 127 Å². The van der Waals surface area contributed by atoms with Crippen LogP contribution in [0.1, 0.15) is 11.4 Å². The van der Waals surface area contributed by atoms with Crippen LogP contribution in [0, 0.1) is 13.8 Å². The number of benzene rings is 1. The van der Waals surface area contributed by atoms with Crippen LogP contribution in [-0.2, 0) is 11.3 Å². The van der Waals surface area contributed by atoms with E-state index in [1.165, 1.54) is 0 Å². The fourth-order valence-corrected chi connectivity index (χ4v) is 2.46. The molecule has 0 aliphatic carbocycles. The maximum Gasteiger partial charge on any atom is 0.323 e. The van der Waals surface area contributed by atoms with Crippen molar-refractivity contribution >= 4 is 5.97 Å². The second kappa shape index (κ2) is 5.52. The van der Waals surface area contributed by atoms with Crippen molar-refractivity contribution in [1.82, 2.24) is 9.55 Å². The van der Waals surface area contributed by atoms with Crippen LogP contribution in [0.3, 0.4) is 0 Å². The first-order chi connectivity index (χ1) is 10.6. The lowest BCUT2D eigenvalue weighted by Gasteiger charge is -2.08. The Hall–Kier alpha value is -2.82. The van der Waals surface area contributed by atoms with E-state index < -0.39 is 5.97 Å². The van der Waals surface area contributed by atoms with Gasteiger partial charge in [0.25, 0.3) is 0 Å². The Balaban J connectivity index is 2.10. The van der Waals surface area contributed by atoms with E-state index >= 15 is 0 Å². The van der Waals surface area contributed by atoms with Gasteiger partial charge < -0.3 is 14.1 Å². The van der Waals surface area contributed by atoms with Gasteiger partial charge in [-0.2, -0.15) is 0 Å². The quantitative estimate of drug-likeness (QED) is 0.800. The molecule has 0 spiro atoms. The third-order valence-electron chi connectivity index (χ3n) is 3.68. The fourth-order valence-electron chi connectivity index (χ4n) is 2.46. The number of imidazole rings is 1. The Bertz CT molecular complexity index is 817. The maximum absolute atomic E-state index is 11.1. The largest absolute Gasteiger partial charge is 0.480 e. The summed E-state index contributed by atoms with van der Waals surface area (Å²) in [6, 6.07) is 11.5. The summed E-state index contributed by atoms with van der Waals surface area (Å²) < 4.78 is 7.13. The van der Waals surface area contributed by atoms with E-state index in [1.54, 1.807) is 10.8 Å². The number of aromatic nitrogens is 2. The average molecular weight is 296 g/mol. The molecule has 0 radical (unpaired) electrons. The molecule has 2 aromatic heterocycles. The monoisotopic (exact) mass is 296 g/mol. The van der Waals surface area contributed by atoms with E-state index in [4.69, 9.17) is 9.52 Å². The van der Waals surface area contributed by atoms with Gasteiger partial charge in [0.1, 0.15) is 18.1 Å². The summed E-state index contributed by atoms with van der Waals surface area (Å²) >= 11 is 0. The van der Waals surface area contributed by atoms with Crippen molar-refractivity contribution in [3.05, 3.63) is 54.0 Å². The van der Waals surface area contributed by atoms with Crippen LogP contribution in [0.2, 0.25) is 0 Å². The molecule has 1 N–H and O–H groups in total.